The molecule has 0 heterocycles. The van der Waals surface area contributed by atoms with Gasteiger partial charge in [0.25, 0.3) is 0 Å². The van der Waals surface area contributed by atoms with Gasteiger partial charge in [-0.2, -0.15) is 13.2 Å². The van der Waals surface area contributed by atoms with Crippen LogP contribution in [0.25, 0.3) is 0 Å². The minimum absolute atomic E-state index is 0.125. The van der Waals surface area contributed by atoms with Crippen LogP contribution < -0.4 is 4.72 Å². The standard InChI is InChI=1S/C17H24F3NO3S/c1-12(13-5-7-14(8-6-13)17(18,19)20)11-15(22)21-25(23,24)10-9-16(2,3)4/h5-8,12H,9-11H2,1-4H3,(H,21,22). The second-order valence-corrected chi connectivity index (χ2v) is 9.22. The van der Waals surface area contributed by atoms with E-state index in [-0.39, 0.29) is 17.6 Å². The van der Waals surface area contributed by atoms with Gasteiger partial charge in [-0.1, -0.05) is 39.8 Å². The summed E-state index contributed by atoms with van der Waals surface area (Å²) in [6.07, 6.45) is -4.13. The number of carbonyl (C=O) groups is 1. The fourth-order valence-corrected chi connectivity index (χ4v) is 3.52. The number of benzene rings is 1. The lowest BCUT2D eigenvalue weighted by Crippen LogP contribution is -2.34. The maximum Gasteiger partial charge on any atom is 0.416 e. The Morgan fingerprint density at radius 3 is 2.08 bits per heavy atom. The zero-order valence-electron chi connectivity index (χ0n) is 14.8. The molecule has 0 aliphatic carbocycles. The molecule has 1 aromatic rings. The second kappa shape index (κ2) is 7.76. The molecule has 1 atom stereocenters. The number of halogens is 3. The van der Waals surface area contributed by atoms with Crippen LogP contribution in [-0.2, 0) is 21.0 Å². The van der Waals surface area contributed by atoms with Crippen molar-refractivity contribution in [3.05, 3.63) is 35.4 Å². The molecule has 8 heteroatoms. The largest absolute Gasteiger partial charge is 0.416 e. The number of carbonyl (C=O) groups excluding carboxylic acids is 1. The highest BCUT2D eigenvalue weighted by atomic mass is 32.2. The molecule has 0 spiro atoms. The van der Waals surface area contributed by atoms with Crippen molar-refractivity contribution >= 4 is 15.9 Å². The lowest BCUT2D eigenvalue weighted by molar-refractivity contribution is -0.137. The predicted octanol–water partition coefficient (Wildman–Crippen LogP) is 4.08. The summed E-state index contributed by atoms with van der Waals surface area (Å²) in [7, 11) is -3.72. The molecule has 25 heavy (non-hydrogen) atoms. The predicted molar refractivity (Wildman–Crippen MR) is 90.5 cm³/mol. The van der Waals surface area contributed by atoms with Crippen LogP contribution in [0.15, 0.2) is 24.3 Å². The first-order chi connectivity index (χ1) is 11.2. The van der Waals surface area contributed by atoms with Crippen molar-refractivity contribution < 1.29 is 26.4 Å². The summed E-state index contributed by atoms with van der Waals surface area (Å²) in [5, 5.41) is 0. The van der Waals surface area contributed by atoms with Crippen LogP contribution in [0.2, 0.25) is 0 Å². The number of hydrogen-bond acceptors (Lipinski definition) is 3. The first-order valence-electron chi connectivity index (χ1n) is 7.90. The number of alkyl halides is 3. The first-order valence-corrected chi connectivity index (χ1v) is 9.55. The molecule has 142 valence electrons. The van der Waals surface area contributed by atoms with E-state index in [1.165, 1.54) is 12.1 Å². The summed E-state index contributed by atoms with van der Waals surface area (Å²) < 4.78 is 63.5. The molecule has 0 aromatic heterocycles. The monoisotopic (exact) mass is 379 g/mol. The third-order valence-corrected chi connectivity index (χ3v) is 4.97. The maximum absolute atomic E-state index is 12.5. The molecule has 0 saturated carbocycles. The molecule has 1 N–H and O–H groups in total. The number of hydrogen-bond donors (Lipinski definition) is 1. The SMILES string of the molecule is CC(CC(=O)NS(=O)(=O)CCC(C)(C)C)c1ccc(C(F)(F)F)cc1. The van der Waals surface area contributed by atoms with Gasteiger partial charge in [0, 0.05) is 6.42 Å². The molecule has 0 aliphatic heterocycles. The molecule has 1 unspecified atom stereocenters. The van der Waals surface area contributed by atoms with E-state index >= 15 is 0 Å². The average molecular weight is 379 g/mol. The molecule has 1 rings (SSSR count). The smallest absolute Gasteiger partial charge is 0.274 e. The molecule has 4 nitrogen and oxygen atoms in total. The minimum Gasteiger partial charge on any atom is -0.274 e. The molecule has 0 aliphatic rings. The summed E-state index contributed by atoms with van der Waals surface area (Å²) >= 11 is 0. The van der Waals surface area contributed by atoms with Crippen molar-refractivity contribution in [2.45, 2.75) is 52.6 Å². The Labute approximate surface area is 146 Å². The summed E-state index contributed by atoms with van der Waals surface area (Å²) in [5.74, 6) is -1.22. The van der Waals surface area contributed by atoms with E-state index in [2.05, 4.69) is 0 Å². The Morgan fingerprint density at radius 1 is 1.12 bits per heavy atom. The van der Waals surface area contributed by atoms with Crippen LogP contribution in [0, 0.1) is 5.41 Å². The van der Waals surface area contributed by atoms with Crippen LogP contribution in [-0.4, -0.2) is 20.1 Å². The average Bonchev–Trinajstić information content (AvgIpc) is 2.43. The van der Waals surface area contributed by atoms with Crippen molar-refractivity contribution in [3.63, 3.8) is 0 Å². The van der Waals surface area contributed by atoms with Gasteiger partial charge in [0.15, 0.2) is 0 Å². The molecule has 1 aromatic carbocycles. The molecule has 0 saturated heterocycles. The number of rotatable bonds is 6. The van der Waals surface area contributed by atoms with Gasteiger partial charge in [0.05, 0.1) is 11.3 Å². The van der Waals surface area contributed by atoms with E-state index < -0.39 is 33.6 Å². The van der Waals surface area contributed by atoms with Crippen LogP contribution >= 0.6 is 0 Å². The molecule has 0 radical (unpaired) electrons. The maximum atomic E-state index is 12.5. The van der Waals surface area contributed by atoms with Crippen LogP contribution in [0.3, 0.4) is 0 Å². The van der Waals surface area contributed by atoms with Gasteiger partial charge in [0.2, 0.25) is 15.9 Å². The van der Waals surface area contributed by atoms with Gasteiger partial charge in [-0.05, 0) is 35.4 Å². The third-order valence-electron chi connectivity index (χ3n) is 3.69. The Bertz CT molecular complexity index is 689. The van der Waals surface area contributed by atoms with E-state index in [0.29, 0.717) is 12.0 Å². The summed E-state index contributed by atoms with van der Waals surface area (Å²) in [5.41, 5.74) is -0.404. The number of amides is 1. The minimum atomic E-state index is -4.42. The zero-order chi connectivity index (χ0) is 19.5. The fraction of sp³-hybridized carbons (Fsp3) is 0.588. The lowest BCUT2D eigenvalue weighted by Gasteiger charge is -2.18. The number of nitrogens with one attached hydrogen (secondary N) is 1. The van der Waals surface area contributed by atoms with Crippen molar-refractivity contribution in [1.82, 2.24) is 4.72 Å². The van der Waals surface area contributed by atoms with Crippen LogP contribution in [0.5, 0.6) is 0 Å². The first kappa shape index (κ1) is 21.5. The summed E-state index contributed by atoms with van der Waals surface area (Å²) in [6, 6.07) is 4.50. The normalized spacial score (nSPS) is 14.2. The topological polar surface area (TPSA) is 63.2 Å². The van der Waals surface area contributed by atoms with Crippen LogP contribution in [0.4, 0.5) is 13.2 Å². The Morgan fingerprint density at radius 2 is 1.64 bits per heavy atom. The van der Waals surface area contributed by atoms with Crippen molar-refractivity contribution in [3.8, 4) is 0 Å². The van der Waals surface area contributed by atoms with Gasteiger partial charge in [-0.3, -0.25) is 9.52 Å². The van der Waals surface area contributed by atoms with E-state index in [9.17, 15) is 26.4 Å². The highest BCUT2D eigenvalue weighted by molar-refractivity contribution is 7.90. The van der Waals surface area contributed by atoms with E-state index in [0.717, 1.165) is 12.1 Å². The molecular formula is C17H24F3NO3S. The van der Waals surface area contributed by atoms with E-state index in [1.54, 1.807) is 6.92 Å². The van der Waals surface area contributed by atoms with E-state index in [1.807, 2.05) is 25.5 Å². The summed E-state index contributed by atoms with van der Waals surface area (Å²) in [4.78, 5) is 11.9. The number of sulfonamides is 1. The van der Waals surface area contributed by atoms with Crippen LogP contribution in [0.1, 0.15) is 57.6 Å². The molecule has 1 amide bonds. The molecule has 0 fully saturated rings. The Hall–Kier alpha value is -1.57. The quantitative estimate of drug-likeness (QED) is 0.810. The lowest BCUT2D eigenvalue weighted by atomic mass is 9.94. The van der Waals surface area contributed by atoms with Crippen molar-refractivity contribution in [2.75, 3.05) is 5.75 Å². The summed E-state index contributed by atoms with van der Waals surface area (Å²) in [6.45, 7) is 7.36. The van der Waals surface area contributed by atoms with Gasteiger partial charge < -0.3 is 0 Å². The zero-order valence-corrected chi connectivity index (χ0v) is 15.6. The van der Waals surface area contributed by atoms with Crippen molar-refractivity contribution in [1.29, 1.82) is 0 Å². The Kier molecular flexibility index (Phi) is 6.67. The van der Waals surface area contributed by atoms with Gasteiger partial charge >= 0.3 is 6.18 Å². The molecule has 0 bridgehead atoms. The van der Waals surface area contributed by atoms with E-state index in [4.69, 9.17) is 0 Å². The van der Waals surface area contributed by atoms with Gasteiger partial charge in [-0.25, -0.2) is 8.42 Å². The van der Waals surface area contributed by atoms with Gasteiger partial charge in [-0.15, -0.1) is 0 Å². The molecular weight excluding hydrogens is 355 g/mol. The fourth-order valence-electron chi connectivity index (χ4n) is 2.10. The van der Waals surface area contributed by atoms with Crippen molar-refractivity contribution in [2.24, 2.45) is 5.41 Å². The second-order valence-electron chi connectivity index (χ2n) is 7.38. The third kappa shape index (κ3) is 7.90. The highest BCUT2D eigenvalue weighted by Gasteiger charge is 2.30. The highest BCUT2D eigenvalue weighted by Crippen LogP contribution is 2.30. The Balaban J connectivity index is 2.64. The van der Waals surface area contributed by atoms with Gasteiger partial charge in [0.1, 0.15) is 0 Å².